The Balaban J connectivity index is 2.08. The SMILES string of the molecule is CCCCc1ccc(Oc2ccc(C=O)cc2Br)cc1. The summed E-state index contributed by atoms with van der Waals surface area (Å²) >= 11 is 3.41. The van der Waals surface area contributed by atoms with E-state index in [-0.39, 0.29) is 0 Å². The van der Waals surface area contributed by atoms with Crippen LogP contribution in [0, 0.1) is 0 Å². The minimum atomic E-state index is 0.624. The van der Waals surface area contributed by atoms with Crippen LogP contribution in [0.15, 0.2) is 46.9 Å². The minimum absolute atomic E-state index is 0.624. The summed E-state index contributed by atoms with van der Waals surface area (Å²) in [5.41, 5.74) is 1.95. The average Bonchev–Trinajstić information content (AvgIpc) is 2.48. The van der Waals surface area contributed by atoms with E-state index in [1.807, 2.05) is 12.1 Å². The normalized spacial score (nSPS) is 10.3. The molecule has 0 atom stereocenters. The molecule has 0 saturated carbocycles. The van der Waals surface area contributed by atoms with Gasteiger partial charge in [-0.15, -0.1) is 0 Å². The summed E-state index contributed by atoms with van der Waals surface area (Å²) in [7, 11) is 0. The number of carbonyl (C=O) groups is 1. The van der Waals surface area contributed by atoms with Crippen molar-refractivity contribution < 1.29 is 9.53 Å². The van der Waals surface area contributed by atoms with Crippen LogP contribution in [0.3, 0.4) is 0 Å². The van der Waals surface area contributed by atoms with Crippen molar-refractivity contribution in [2.45, 2.75) is 26.2 Å². The molecule has 0 aliphatic heterocycles. The molecule has 2 rings (SSSR count). The number of ether oxygens (including phenoxy) is 1. The first-order valence-electron chi connectivity index (χ1n) is 6.74. The molecule has 2 nitrogen and oxygen atoms in total. The molecule has 0 aliphatic rings. The molecule has 0 heterocycles. The number of hydrogen-bond acceptors (Lipinski definition) is 2. The third kappa shape index (κ3) is 3.94. The molecule has 3 heteroatoms. The van der Waals surface area contributed by atoms with Crippen molar-refractivity contribution in [1.29, 1.82) is 0 Å². The van der Waals surface area contributed by atoms with Gasteiger partial charge in [-0.05, 0) is 64.7 Å². The van der Waals surface area contributed by atoms with Gasteiger partial charge >= 0.3 is 0 Å². The Hall–Kier alpha value is -1.61. The first-order chi connectivity index (χ1) is 9.72. The van der Waals surface area contributed by atoms with E-state index < -0.39 is 0 Å². The molecule has 0 aliphatic carbocycles. The Morgan fingerprint density at radius 2 is 1.90 bits per heavy atom. The summed E-state index contributed by atoms with van der Waals surface area (Å²) < 4.78 is 6.58. The first kappa shape index (κ1) is 14.8. The quantitative estimate of drug-likeness (QED) is 0.662. The van der Waals surface area contributed by atoms with E-state index in [9.17, 15) is 4.79 Å². The molecular weight excluding hydrogens is 316 g/mol. The Labute approximate surface area is 127 Å². The zero-order chi connectivity index (χ0) is 14.4. The molecule has 0 aromatic heterocycles. The fourth-order valence-corrected chi connectivity index (χ4v) is 2.38. The zero-order valence-corrected chi connectivity index (χ0v) is 13.0. The van der Waals surface area contributed by atoms with Crippen LogP contribution in [0.25, 0.3) is 0 Å². The Bertz CT molecular complexity index is 576. The molecule has 0 N–H and O–H groups in total. The van der Waals surface area contributed by atoms with Crippen LogP contribution < -0.4 is 4.74 Å². The molecule has 20 heavy (non-hydrogen) atoms. The van der Waals surface area contributed by atoms with Gasteiger partial charge in [0.25, 0.3) is 0 Å². The number of rotatable bonds is 6. The maximum Gasteiger partial charge on any atom is 0.150 e. The topological polar surface area (TPSA) is 26.3 Å². The smallest absolute Gasteiger partial charge is 0.150 e. The van der Waals surface area contributed by atoms with Crippen LogP contribution in [0.2, 0.25) is 0 Å². The first-order valence-corrected chi connectivity index (χ1v) is 7.53. The van der Waals surface area contributed by atoms with Gasteiger partial charge in [-0.2, -0.15) is 0 Å². The second-order valence-electron chi connectivity index (χ2n) is 4.66. The number of unbranched alkanes of at least 4 members (excludes halogenated alkanes) is 1. The van der Waals surface area contributed by atoms with E-state index in [0.717, 1.165) is 22.9 Å². The summed E-state index contributed by atoms with van der Waals surface area (Å²) in [5.74, 6) is 1.50. The highest BCUT2D eigenvalue weighted by Crippen LogP contribution is 2.30. The molecule has 0 fully saturated rings. The molecule has 2 aromatic rings. The Kier molecular flexibility index (Phi) is 5.36. The van der Waals surface area contributed by atoms with Crippen molar-refractivity contribution >= 4 is 22.2 Å². The highest BCUT2D eigenvalue weighted by Gasteiger charge is 2.04. The van der Waals surface area contributed by atoms with E-state index in [1.165, 1.54) is 18.4 Å². The lowest BCUT2D eigenvalue weighted by Gasteiger charge is -2.09. The van der Waals surface area contributed by atoms with Crippen molar-refractivity contribution in [3.05, 3.63) is 58.1 Å². The lowest BCUT2D eigenvalue weighted by molar-refractivity contribution is 0.112. The van der Waals surface area contributed by atoms with Gasteiger partial charge < -0.3 is 4.74 Å². The highest BCUT2D eigenvalue weighted by atomic mass is 79.9. The van der Waals surface area contributed by atoms with E-state index in [2.05, 4.69) is 35.0 Å². The van der Waals surface area contributed by atoms with Gasteiger partial charge in [-0.25, -0.2) is 0 Å². The Morgan fingerprint density at radius 1 is 1.15 bits per heavy atom. The minimum Gasteiger partial charge on any atom is -0.456 e. The van der Waals surface area contributed by atoms with Crippen molar-refractivity contribution in [1.82, 2.24) is 0 Å². The van der Waals surface area contributed by atoms with Crippen molar-refractivity contribution in [3.8, 4) is 11.5 Å². The summed E-state index contributed by atoms with van der Waals surface area (Å²) in [6.45, 7) is 2.19. The second-order valence-corrected chi connectivity index (χ2v) is 5.51. The predicted octanol–water partition coefficient (Wildman–Crippen LogP) is 5.40. The monoisotopic (exact) mass is 332 g/mol. The fraction of sp³-hybridized carbons (Fsp3) is 0.235. The van der Waals surface area contributed by atoms with Gasteiger partial charge in [-0.1, -0.05) is 25.5 Å². The molecular formula is C17H17BrO2. The zero-order valence-electron chi connectivity index (χ0n) is 11.4. The van der Waals surface area contributed by atoms with Crippen LogP contribution in [-0.4, -0.2) is 6.29 Å². The fourth-order valence-electron chi connectivity index (χ4n) is 1.91. The maximum atomic E-state index is 10.7. The molecule has 104 valence electrons. The van der Waals surface area contributed by atoms with Gasteiger partial charge in [0.1, 0.15) is 17.8 Å². The van der Waals surface area contributed by atoms with Crippen LogP contribution >= 0.6 is 15.9 Å². The molecule has 0 amide bonds. The van der Waals surface area contributed by atoms with Gasteiger partial charge in [0.05, 0.1) is 4.47 Å². The third-order valence-corrected chi connectivity index (χ3v) is 3.68. The molecule has 2 aromatic carbocycles. The molecule has 0 bridgehead atoms. The average molecular weight is 333 g/mol. The van der Waals surface area contributed by atoms with Crippen molar-refractivity contribution in [2.75, 3.05) is 0 Å². The lowest BCUT2D eigenvalue weighted by Crippen LogP contribution is -1.89. The summed E-state index contributed by atoms with van der Waals surface area (Å²) in [4.78, 5) is 10.7. The third-order valence-electron chi connectivity index (χ3n) is 3.06. The van der Waals surface area contributed by atoms with E-state index >= 15 is 0 Å². The number of aldehydes is 1. The standard InChI is InChI=1S/C17H17BrO2/c1-2-3-4-13-5-8-15(9-6-13)20-17-10-7-14(12-19)11-16(17)18/h5-12H,2-4H2,1H3. The van der Waals surface area contributed by atoms with E-state index in [4.69, 9.17) is 4.74 Å². The largest absolute Gasteiger partial charge is 0.456 e. The van der Waals surface area contributed by atoms with Crippen molar-refractivity contribution in [3.63, 3.8) is 0 Å². The van der Waals surface area contributed by atoms with Gasteiger partial charge in [0.15, 0.2) is 0 Å². The molecule has 0 spiro atoms. The number of carbonyl (C=O) groups excluding carboxylic acids is 1. The number of aryl methyl sites for hydroxylation is 1. The maximum absolute atomic E-state index is 10.7. The van der Waals surface area contributed by atoms with E-state index in [1.54, 1.807) is 18.2 Å². The molecule has 0 radical (unpaired) electrons. The Morgan fingerprint density at radius 3 is 2.50 bits per heavy atom. The predicted molar refractivity (Wildman–Crippen MR) is 84.7 cm³/mol. The molecule has 0 unspecified atom stereocenters. The summed E-state index contributed by atoms with van der Waals surface area (Å²) in [5, 5.41) is 0. The van der Waals surface area contributed by atoms with Crippen LogP contribution in [0.4, 0.5) is 0 Å². The van der Waals surface area contributed by atoms with Gasteiger partial charge in [-0.3, -0.25) is 4.79 Å². The van der Waals surface area contributed by atoms with E-state index in [0.29, 0.717) is 11.3 Å². The second kappa shape index (κ2) is 7.25. The van der Waals surface area contributed by atoms with Crippen LogP contribution in [-0.2, 0) is 6.42 Å². The highest BCUT2D eigenvalue weighted by molar-refractivity contribution is 9.10. The summed E-state index contributed by atoms with van der Waals surface area (Å²) in [6, 6.07) is 13.4. The van der Waals surface area contributed by atoms with Gasteiger partial charge in [0, 0.05) is 5.56 Å². The van der Waals surface area contributed by atoms with Crippen LogP contribution in [0.5, 0.6) is 11.5 Å². The number of hydrogen-bond donors (Lipinski definition) is 0. The molecule has 0 saturated heterocycles. The lowest BCUT2D eigenvalue weighted by atomic mass is 10.1. The summed E-state index contributed by atoms with van der Waals surface area (Å²) in [6.07, 6.45) is 4.33. The van der Waals surface area contributed by atoms with Gasteiger partial charge in [0.2, 0.25) is 0 Å². The number of benzene rings is 2. The van der Waals surface area contributed by atoms with Crippen LogP contribution in [0.1, 0.15) is 35.7 Å². The number of halogens is 1. The van der Waals surface area contributed by atoms with Crippen molar-refractivity contribution in [2.24, 2.45) is 0 Å².